The van der Waals surface area contributed by atoms with Gasteiger partial charge in [-0.3, -0.25) is 0 Å². The lowest BCUT2D eigenvalue weighted by atomic mass is 10.0. The van der Waals surface area contributed by atoms with Crippen LogP contribution in [0.5, 0.6) is 0 Å². The third kappa shape index (κ3) is 8.46. The first-order chi connectivity index (χ1) is 47.6. The molecule has 0 unspecified atom stereocenters. The van der Waals surface area contributed by atoms with Crippen LogP contribution in [0.2, 0.25) is 0 Å². The van der Waals surface area contributed by atoms with Gasteiger partial charge in [0.05, 0.1) is 55.5 Å². The smallest absolute Gasteiger partial charge is 0.0555 e. The van der Waals surface area contributed by atoms with Crippen LogP contribution in [-0.2, 0) is 0 Å². The maximum atomic E-state index is 2.48. The molecule has 448 valence electrons. The quantitative estimate of drug-likeness (QED) is 0.152. The molecule has 0 radical (unpaired) electrons. The Hall–Kier alpha value is -12.1. The van der Waals surface area contributed by atoms with Crippen LogP contribution < -0.4 is 0 Å². The fraction of sp³-hybridized carbons (Fsp3) is 0. The zero-order valence-electron chi connectivity index (χ0n) is 51.9. The van der Waals surface area contributed by atoms with Crippen LogP contribution in [0.4, 0.5) is 0 Å². The zero-order valence-corrected chi connectivity index (χ0v) is 53.6. The summed E-state index contributed by atoms with van der Waals surface area (Å²) in [6.07, 6.45) is 0. The highest BCUT2D eigenvalue weighted by atomic mass is 32.1. The van der Waals surface area contributed by atoms with Gasteiger partial charge in [0.25, 0.3) is 0 Å². The van der Waals surface area contributed by atoms with Gasteiger partial charge in [0.2, 0.25) is 0 Å². The lowest BCUT2D eigenvalue weighted by Gasteiger charge is -2.11. The minimum atomic E-state index is 1.18. The summed E-state index contributed by atoms with van der Waals surface area (Å²) in [7, 11) is 0. The van der Waals surface area contributed by atoms with Crippen LogP contribution in [0, 0.1) is 0 Å². The van der Waals surface area contributed by atoms with Gasteiger partial charge in [-0.1, -0.05) is 200 Å². The molecule has 6 aromatic heterocycles. The molecule has 0 atom stereocenters. The van der Waals surface area contributed by atoms with Crippen LogP contribution in [-0.4, -0.2) is 18.3 Å². The normalized spacial score (nSPS) is 12.0. The van der Waals surface area contributed by atoms with Crippen LogP contribution in [0.1, 0.15) is 0 Å². The molecule has 0 saturated heterocycles. The van der Waals surface area contributed by atoms with Gasteiger partial charge in [-0.15, -0.1) is 22.7 Å². The van der Waals surface area contributed by atoms with Crippen molar-refractivity contribution in [3.63, 3.8) is 0 Å². The summed E-state index contributed by atoms with van der Waals surface area (Å²) in [6, 6.07) is 124. The molecule has 0 saturated carbocycles. The SMILES string of the molecule is c1ccc(-c2ccc3sc4cccc(-n5c6ccccc6c6cc(-c7ccc8c(c7)c7ccccc7n8-c7ccccc7)ccc65)c4c3c2)cc1.c1ccc(-n2c3ccccc3c3cc(-c4ccc5c(c4)c4ccccc4n5-c4cccc5sc6ccccc6c45)ccc32)cc1. The minimum absolute atomic E-state index is 1.18. The fourth-order valence-electron chi connectivity index (χ4n) is 15.6. The molecular weight excluding hydrogens is 1200 g/mol. The molecule has 0 aliphatic heterocycles. The van der Waals surface area contributed by atoms with E-state index in [1.807, 2.05) is 22.7 Å². The van der Waals surface area contributed by atoms with Gasteiger partial charge in [-0.25, -0.2) is 0 Å². The fourth-order valence-corrected chi connectivity index (χ4v) is 17.8. The summed E-state index contributed by atoms with van der Waals surface area (Å²) in [5.74, 6) is 0. The summed E-state index contributed by atoms with van der Waals surface area (Å²) in [5, 5.41) is 15.4. The van der Waals surface area contributed by atoms with Crippen molar-refractivity contribution in [1.82, 2.24) is 18.3 Å². The monoisotopic (exact) mass is 1260 g/mol. The van der Waals surface area contributed by atoms with E-state index in [0.717, 1.165) is 0 Å². The minimum Gasteiger partial charge on any atom is -0.309 e. The van der Waals surface area contributed by atoms with Gasteiger partial charge in [0.1, 0.15) is 0 Å². The molecule has 0 N–H and O–H groups in total. The number of hydrogen-bond donors (Lipinski definition) is 0. The molecule has 0 fully saturated rings. The molecule has 0 aliphatic carbocycles. The summed E-state index contributed by atoms with van der Waals surface area (Å²) in [6.45, 7) is 0. The largest absolute Gasteiger partial charge is 0.309 e. The number of thiophene rings is 2. The van der Waals surface area contributed by atoms with Crippen molar-refractivity contribution < 1.29 is 0 Å². The Morgan fingerprint density at radius 1 is 0.167 bits per heavy atom. The van der Waals surface area contributed by atoms with Gasteiger partial charge in [0, 0.05) is 94.8 Å². The lowest BCUT2D eigenvalue weighted by Crippen LogP contribution is -1.94. The van der Waals surface area contributed by atoms with Gasteiger partial charge in [0.15, 0.2) is 0 Å². The number of rotatable bonds is 7. The Morgan fingerprint density at radius 3 is 0.896 bits per heavy atom. The first kappa shape index (κ1) is 54.5. The predicted octanol–water partition coefficient (Wildman–Crippen LogP) is 25.5. The van der Waals surface area contributed by atoms with E-state index in [9.17, 15) is 0 Å². The zero-order chi connectivity index (χ0) is 63.0. The number of para-hydroxylation sites is 6. The highest BCUT2D eigenvalue weighted by Crippen LogP contribution is 2.46. The molecule has 0 amide bonds. The van der Waals surface area contributed by atoms with E-state index in [4.69, 9.17) is 0 Å². The maximum absolute atomic E-state index is 2.48. The number of nitrogens with zero attached hydrogens (tertiary/aromatic N) is 4. The Bertz CT molecular complexity index is 6700. The first-order valence-electron chi connectivity index (χ1n) is 32.8. The molecule has 0 bridgehead atoms. The molecule has 6 heteroatoms. The first-order valence-corrected chi connectivity index (χ1v) is 34.4. The van der Waals surface area contributed by atoms with Crippen LogP contribution >= 0.6 is 22.7 Å². The number of aromatic nitrogens is 4. The van der Waals surface area contributed by atoms with Crippen molar-refractivity contribution in [2.75, 3.05) is 0 Å². The Labute approximate surface area is 560 Å². The van der Waals surface area contributed by atoms with Gasteiger partial charge in [-0.2, -0.15) is 0 Å². The van der Waals surface area contributed by atoms with Gasteiger partial charge < -0.3 is 18.3 Å². The Morgan fingerprint density at radius 2 is 0.458 bits per heavy atom. The molecule has 6 heterocycles. The van der Waals surface area contributed by atoms with Crippen molar-refractivity contribution >= 4 is 150 Å². The molecule has 21 rings (SSSR count). The summed E-state index contributed by atoms with van der Waals surface area (Å²) in [4.78, 5) is 0. The number of hydrogen-bond acceptors (Lipinski definition) is 2. The second kappa shape index (κ2) is 21.8. The van der Waals surface area contributed by atoms with E-state index in [1.54, 1.807) is 0 Å². The molecule has 96 heavy (non-hydrogen) atoms. The van der Waals surface area contributed by atoms with Crippen molar-refractivity contribution in [1.29, 1.82) is 0 Å². The van der Waals surface area contributed by atoms with Crippen molar-refractivity contribution in [3.8, 4) is 56.1 Å². The average Bonchev–Trinajstić information content (AvgIpc) is 1.60. The summed E-state index contributed by atoms with van der Waals surface area (Å²) in [5.41, 5.74) is 22.0. The average molecular weight is 1260 g/mol. The van der Waals surface area contributed by atoms with Crippen LogP contribution in [0.25, 0.3) is 184 Å². The van der Waals surface area contributed by atoms with Gasteiger partial charge >= 0.3 is 0 Å². The van der Waals surface area contributed by atoms with E-state index >= 15 is 0 Å². The molecule has 21 aromatic rings. The molecule has 4 nitrogen and oxygen atoms in total. The van der Waals surface area contributed by atoms with E-state index in [0.29, 0.717) is 0 Å². The molecule has 15 aromatic carbocycles. The third-order valence-electron chi connectivity index (χ3n) is 19.8. The third-order valence-corrected chi connectivity index (χ3v) is 22.1. The van der Waals surface area contributed by atoms with Gasteiger partial charge in [-0.05, 0) is 173 Å². The topological polar surface area (TPSA) is 19.7 Å². The van der Waals surface area contributed by atoms with Crippen molar-refractivity contribution in [2.24, 2.45) is 0 Å². The number of fused-ring (bicyclic) bond motifs is 18. The van der Waals surface area contributed by atoms with Crippen molar-refractivity contribution in [2.45, 2.75) is 0 Å². The van der Waals surface area contributed by atoms with E-state index < -0.39 is 0 Å². The number of benzene rings is 15. The molecule has 0 spiro atoms. The second-order valence-electron chi connectivity index (χ2n) is 25.1. The van der Waals surface area contributed by atoms with Crippen LogP contribution in [0.3, 0.4) is 0 Å². The Balaban J connectivity index is 0.000000132. The maximum Gasteiger partial charge on any atom is 0.0555 e. The highest BCUT2D eigenvalue weighted by molar-refractivity contribution is 7.26. The lowest BCUT2D eigenvalue weighted by molar-refractivity contribution is 1.18. The summed E-state index contributed by atoms with van der Waals surface area (Å²) >= 11 is 3.74. The second-order valence-corrected chi connectivity index (χ2v) is 27.3. The summed E-state index contributed by atoms with van der Waals surface area (Å²) < 4.78 is 15.0. The van der Waals surface area contributed by atoms with E-state index in [1.165, 1.54) is 184 Å². The van der Waals surface area contributed by atoms with E-state index in [-0.39, 0.29) is 0 Å². The Kier molecular flexibility index (Phi) is 12.4. The molecular formula is C90H56N4S2. The molecule has 0 aliphatic rings. The predicted molar refractivity (Wildman–Crippen MR) is 412 cm³/mol. The highest BCUT2D eigenvalue weighted by Gasteiger charge is 2.22. The van der Waals surface area contributed by atoms with E-state index in [2.05, 4.69) is 358 Å². The van der Waals surface area contributed by atoms with Crippen molar-refractivity contribution in [3.05, 3.63) is 340 Å². The van der Waals surface area contributed by atoms with Crippen LogP contribution in [0.15, 0.2) is 340 Å². The standard InChI is InChI=1S/C48H30N2S.C42H26N2S/c1-3-12-31(13-4-1)32-24-27-46-40(30-32)48-45(20-11-21-47(48)51-46)50-42-19-10-8-17-37(42)39-29-34(23-26-44(39)50)33-22-25-43-38(28-33)36-16-7-9-18-41(36)49(43)35-14-5-2-6-15-35;1-2-11-29(12-3-1)43-35-16-7-4-13-30(35)33-25-27(21-23-37(33)43)28-22-24-38-34(26-28)31-14-5-8-17-36(31)44(38)39-18-10-20-41-42(39)32-15-6-9-19-40(32)45-41/h1-30H;1-26H.